The predicted octanol–water partition coefficient (Wildman–Crippen LogP) is 0.710. The van der Waals surface area contributed by atoms with Gasteiger partial charge in [-0.3, -0.25) is 10.1 Å². The first-order valence-electron chi connectivity index (χ1n) is 10.5. The monoisotopic (exact) mass is 484 g/mol. The minimum absolute atomic E-state index is 0.0995. The Balaban J connectivity index is 2.21. The van der Waals surface area contributed by atoms with Gasteiger partial charge in [0.05, 0.1) is 31.8 Å². The molecular formula is C21H32N4O9. The van der Waals surface area contributed by atoms with E-state index in [-0.39, 0.29) is 39.9 Å². The third-order valence-corrected chi connectivity index (χ3v) is 5.07. The minimum Gasteiger partial charge on any atom is -0.460 e. The van der Waals surface area contributed by atoms with E-state index in [1.54, 1.807) is 0 Å². The molecule has 1 unspecified atom stereocenters. The molecule has 1 fully saturated rings. The Kier molecular flexibility index (Phi) is 12.2. The zero-order valence-electron chi connectivity index (χ0n) is 19.5. The molecule has 2 N–H and O–H groups in total. The molecule has 1 aromatic rings. The maximum atomic E-state index is 12.4. The predicted molar refractivity (Wildman–Crippen MR) is 117 cm³/mol. The Morgan fingerprint density at radius 2 is 1.88 bits per heavy atom. The van der Waals surface area contributed by atoms with E-state index in [0.29, 0.717) is 0 Å². The van der Waals surface area contributed by atoms with Crippen molar-refractivity contribution in [1.29, 1.82) is 0 Å². The highest BCUT2D eigenvalue weighted by Gasteiger charge is 2.57. The first-order valence-corrected chi connectivity index (χ1v) is 10.5. The van der Waals surface area contributed by atoms with Gasteiger partial charge in [-0.25, -0.2) is 0 Å². The number of nitrogens with one attached hydrogen (secondary N) is 1. The number of benzene rings is 1. The van der Waals surface area contributed by atoms with E-state index in [4.69, 9.17) is 38.7 Å². The summed E-state index contributed by atoms with van der Waals surface area (Å²) in [5.74, 6) is -0.556. The van der Waals surface area contributed by atoms with Gasteiger partial charge in [0.25, 0.3) is 0 Å². The van der Waals surface area contributed by atoms with E-state index in [1.807, 2.05) is 30.3 Å². The van der Waals surface area contributed by atoms with E-state index in [9.17, 15) is 9.90 Å². The highest BCUT2D eigenvalue weighted by molar-refractivity contribution is 5.71. The summed E-state index contributed by atoms with van der Waals surface area (Å²) in [4.78, 5) is 15.1. The van der Waals surface area contributed by atoms with Gasteiger partial charge in [-0.05, 0) is 11.1 Å². The maximum Gasteiger partial charge on any atom is 0.320 e. The van der Waals surface area contributed by atoms with Gasteiger partial charge in [0, 0.05) is 26.2 Å². The van der Waals surface area contributed by atoms with Crippen molar-refractivity contribution in [2.75, 3.05) is 54.6 Å². The van der Waals surface area contributed by atoms with Crippen LogP contribution in [-0.4, -0.2) is 95.8 Å². The van der Waals surface area contributed by atoms with Gasteiger partial charge in [0.1, 0.15) is 31.9 Å². The van der Waals surface area contributed by atoms with Gasteiger partial charge >= 0.3 is 5.97 Å². The smallest absolute Gasteiger partial charge is 0.320 e. The summed E-state index contributed by atoms with van der Waals surface area (Å²) in [6.45, 7) is -0.888. The molecular weight excluding hydrogens is 452 g/mol. The number of esters is 1. The van der Waals surface area contributed by atoms with Crippen LogP contribution in [0.5, 0.6) is 0 Å². The molecule has 2 rings (SSSR count). The van der Waals surface area contributed by atoms with Crippen molar-refractivity contribution in [3.05, 3.63) is 46.3 Å². The average Bonchev–Trinajstić information content (AvgIpc) is 2.84. The molecule has 0 spiro atoms. The van der Waals surface area contributed by atoms with Crippen molar-refractivity contribution in [3.63, 3.8) is 0 Å². The number of methoxy groups -OCH3 is 3. The topological polar surface area (TPSA) is 163 Å². The number of hydrogen-bond donors (Lipinski definition) is 2. The Bertz CT molecular complexity index is 781. The molecule has 1 aromatic carbocycles. The number of carbonyl (C=O) groups excluding carboxylic acids is 1. The van der Waals surface area contributed by atoms with Gasteiger partial charge in [-0.2, -0.15) is 0 Å². The van der Waals surface area contributed by atoms with Gasteiger partial charge in [0.2, 0.25) is 0 Å². The third kappa shape index (κ3) is 7.87. The van der Waals surface area contributed by atoms with E-state index in [1.165, 1.54) is 21.3 Å². The highest BCUT2D eigenvalue weighted by atomic mass is 16.8. The molecule has 1 aliphatic rings. The van der Waals surface area contributed by atoms with Gasteiger partial charge in [-0.1, -0.05) is 35.4 Å². The van der Waals surface area contributed by atoms with Crippen molar-refractivity contribution < 1.29 is 43.1 Å². The largest absolute Gasteiger partial charge is 0.460 e. The summed E-state index contributed by atoms with van der Waals surface area (Å²) in [5.41, 5.74) is 7.82. The summed E-state index contributed by atoms with van der Waals surface area (Å²) in [6, 6.07) is 8.21. The molecule has 34 heavy (non-hydrogen) atoms. The standard InChI is InChI=1S/C21H32N4O9/c1-28-12-21(27)18(23-10-17(26)31-11-15-7-5-4-6-8-15)20(33-14-30-3)34-16(9-24-25-22)19(21)32-13-29-2/h4-8,16,18-20,23,27H,9-14H2,1-3H3/t16-,18+,19-,20?,21-/m1/s1. The van der Waals surface area contributed by atoms with E-state index in [2.05, 4.69) is 15.3 Å². The summed E-state index contributed by atoms with van der Waals surface area (Å²) < 4.78 is 37.8. The fourth-order valence-corrected chi connectivity index (χ4v) is 3.63. The van der Waals surface area contributed by atoms with E-state index < -0.39 is 36.1 Å². The lowest BCUT2D eigenvalue weighted by Gasteiger charge is -2.51. The molecule has 0 aromatic heterocycles. The Hall–Kier alpha value is -2.32. The fraction of sp³-hybridized carbons (Fsp3) is 0.667. The molecule has 0 saturated carbocycles. The lowest BCUT2D eigenvalue weighted by atomic mass is 9.82. The summed E-state index contributed by atoms with van der Waals surface area (Å²) >= 11 is 0. The Morgan fingerprint density at radius 3 is 2.53 bits per heavy atom. The fourth-order valence-electron chi connectivity index (χ4n) is 3.63. The Morgan fingerprint density at radius 1 is 1.18 bits per heavy atom. The molecule has 5 atom stereocenters. The number of hydrogen-bond acceptors (Lipinski definition) is 11. The van der Waals surface area contributed by atoms with Crippen molar-refractivity contribution in [3.8, 4) is 0 Å². The molecule has 190 valence electrons. The third-order valence-electron chi connectivity index (χ3n) is 5.07. The first-order chi connectivity index (χ1) is 16.5. The van der Waals surface area contributed by atoms with E-state index in [0.717, 1.165) is 5.56 Å². The average molecular weight is 485 g/mol. The Labute approximate surface area is 197 Å². The number of aliphatic hydroxyl groups is 1. The van der Waals surface area contributed by atoms with Crippen LogP contribution in [0.25, 0.3) is 10.4 Å². The number of ether oxygens (including phenoxy) is 7. The van der Waals surface area contributed by atoms with Gasteiger partial charge in [0.15, 0.2) is 6.29 Å². The van der Waals surface area contributed by atoms with Crippen molar-refractivity contribution in [2.24, 2.45) is 5.11 Å². The van der Waals surface area contributed by atoms with Crippen molar-refractivity contribution in [2.45, 2.75) is 36.7 Å². The quantitative estimate of drug-likeness (QED) is 0.119. The zero-order valence-corrected chi connectivity index (χ0v) is 19.5. The highest BCUT2D eigenvalue weighted by Crippen LogP contribution is 2.33. The molecule has 1 heterocycles. The normalized spacial score (nSPS) is 26.6. The second-order valence-electron chi connectivity index (χ2n) is 7.45. The zero-order chi connectivity index (χ0) is 24.8. The number of nitrogens with zero attached hydrogens (tertiary/aromatic N) is 3. The molecule has 0 radical (unpaired) electrons. The molecule has 0 aliphatic carbocycles. The van der Waals surface area contributed by atoms with Crippen LogP contribution in [0.4, 0.5) is 0 Å². The van der Waals surface area contributed by atoms with Crippen LogP contribution < -0.4 is 5.32 Å². The SMILES string of the molecule is COCOC1O[C@H](CN=[N+]=[N-])[C@@H](OCOC)[C@@](O)(COC)[C@H]1NCC(=O)OCc1ccccc1. The van der Waals surface area contributed by atoms with Crippen LogP contribution in [-0.2, 0) is 44.6 Å². The molecule has 0 amide bonds. The van der Waals surface area contributed by atoms with Crippen LogP contribution in [0.2, 0.25) is 0 Å². The molecule has 0 bridgehead atoms. The lowest BCUT2D eigenvalue weighted by Crippen LogP contribution is -2.74. The van der Waals surface area contributed by atoms with Crippen molar-refractivity contribution in [1.82, 2.24) is 5.32 Å². The molecule has 13 heteroatoms. The summed E-state index contributed by atoms with van der Waals surface area (Å²) in [6.07, 6.45) is -3.07. The van der Waals surface area contributed by atoms with Crippen LogP contribution in [0.1, 0.15) is 5.56 Å². The van der Waals surface area contributed by atoms with E-state index >= 15 is 0 Å². The van der Waals surface area contributed by atoms with Gasteiger partial charge < -0.3 is 38.3 Å². The van der Waals surface area contributed by atoms with Crippen LogP contribution in [0.3, 0.4) is 0 Å². The number of carbonyl (C=O) groups is 1. The lowest BCUT2D eigenvalue weighted by molar-refractivity contribution is -0.327. The molecule has 13 nitrogen and oxygen atoms in total. The number of azide groups is 1. The minimum atomic E-state index is -1.78. The van der Waals surface area contributed by atoms with Crippen LogP contribution >= 0.6 is 0 Å². The van der Waals surface area contributed by atoms with Crippen molar-refractivity contribution >= 4 is 5.97 Å². The van der Waals surface area contributed by atoms with Gasteiger partial charge in [-0.15, -0.1) is 0 Å². The second-order valence-corrected chi connectivity index (χ2v) is 7.45. The molecule has 1 saturated heterocycles. The van der Waals surface area contributed by atoms with Crippen LogP contribution in [0.15, 0.2) is 35.4 Å². The molecule has 1 aliphatic heterocycles. The first kappa shape index (κ1) is 27.9. The summed E-state index contributed by atoms with van der Waals surface area (Å²) in [7, 11) is 4.25. The summed E-state index contributed by atoms with van der Waals surface area (Å²) in [5, 5.41) is 18.2. The van der Waals surface area contributed by atoms with Crippen LogP contribution in [0, 0.1) is 0 Å². The second kappa shape index (κ2) is 14.8. The number of rotatable bonds is 15. The maximum absolute atomic E-state index is 12.4.